The molecule has 2 N–H and O–H groups in total. The summed E-state index contributed by atoms with van der Waals surface area (Å²) in [4.78, 5) is 22.0. The molecule has 1 aromatic rings. The third kappa shape index (κ3) is 3.08. The predicted octanol–water partition coefficient (Wildman–Crippen LogP) is 1.38. The molecule has 0 bridgehead atoms. The minimum Gasteiger partial charge on any atom is -0.480 e. The Bertz CT molecular complexity index is 375. The van der Waals surface area contributed by atoms with E-state index in [1.165, 1.54) is 6.92 Å². The summed E-state index contributed by atoms with van der Waals surface area (Å²) >= 11 is 0. The maximum atomic E-state index is 11.0. The molecule has 16 heavy (non-hydrogen) atoms. The van der Waals surface area contributed by atoms with Crippen LogP contribution in [0.2, 0.25) is 0 Å². The quantitative estimate of drug-likeness (QED) is 0.807. The van der Waals surface area contributed by atoms with Crippen molar-refractivity contribution in [2.75, 3.05) is 0 Å². The van der Waals surface area contributed by atoms with E-state index in [2.05, 4.69) is 5.32 Å². The number of aliphatic carboxylic acids is 1. The van der Waals surface area contributed by atoms with Crippen LogP contribution in [0, 0.1) is 0 Å². The Morgan fingerprint density at radius 1 is 1.25 bits per heavy atom. The minimum atomic E-state index is -1.02. The first kappa shape index (κ1) is 12.2. The lowest BCUT2D eigenvalue weighted by Crippen LogP contribution is -2.43. The molecule has 1 rings (SSSR count). The highest BCUT2D eigenvalue weighted by Crippen LogP contribution is 2.18. The van der Waals surface area contributed by atoms with Crippen molar-refractivity contribution >= 4 is 11.9 Å². The summed E-state index contributed by atoms with van der Waals surface area (Å²) in [5.41, 5.74) is 0.892. The summed E-state index contributed by atoms with van der Waals surface area (Å²) in [6, 6.07) is 8.37. The molecule has 0 saturated heterocycles. The van der Waals surface area contributed by atoms with E-state index >= 15 is 0 Å². The summed E-state index contributed by atoms with van der Waals surface area (Å²) < 4.78 is 0. The monoisotopic (exact) mass is 221 g/mol. The van der Waals surface area contributed by atoms with E-state index in [1.54, 1.807) is 6.92 Å². The normalized spacial score (nSPS) is 13.9. The topological polar surface area (TPSA) is 66.4 Å². The molecule has 0 aliphatic carbocycles. The first-order valence-corrected chi connectivity index (χ1v) is 5.07. The van der Waals surface area contributed by atoms with Gasteiger partial charge in [-0.25, -0.2) is 4.79 Å². The molecule has 0 spiro atoms. The minimum absolute atomic E-state index is 0.261. The lowest BCUT2D eigenvalue weighted by atomic mass is 9.93. The molecule has 86 valence electrons. The van der Waals surface area contributed by atoms with Crippen LogP contribution in [0.25, 0.3) is 0 Å². The summed E-state index contributed by atoms with van der Waals surface area (Å²) in [6.45, 7) is 3.09. The number of benzene rings is 1. The number of amides is 1. The number of hydrogen-bond donors (Lipinski definition) is 2. The number of hydrogen-bond acceptors (Lipinski definition) is 2. The highest BCUT2D eigenvalue weighted by Gasteiger charge is 2.26. The first-order valence-electron chi connectivity index (χ1n) is 5.07. The molecule has 0 heterocycles. The Balaban J connectivity index is 2.87. The van der Waals surface area contributed by atoms with Gasteiger partial charge in [0.15, 0.2) is 0 Å². The molecule has 1 amide bonds. The molecule has 0 aliphatic heterocycles. The number of rotatable bonds is 4. The Kier molecular flexibility index (Phi) is 4.05. The van der Waals surface area contributed by atoms with Crippen molar-refractivity contribution in [1.29, 1.82) is 0 Å². The second kappa shape index (κ2) is 5.30. The molecular formula is C12H15NO3. The molecular weight excluding hydrogens is 206 g/mol. The van der Waals surface area contributed by atoms with Crippen LogP contribution in [0.4, 0.5) is 0 Å². The zero-order valence-corrected chi connectivity index (χ0v) is 9.31. The van der Waals surface area contributed by atoms with Crippen LogP contribution in [0.5, 0.6) is 0 Å². The van der Waals surface area contributed by atoms with Crippen molar-refractivity contribution in [3.05, 3.63) is 35.9 Å². The average molecular weight is 221 g/mol. The SMILES string of the molecule is CC(=O)N[C@H](C(=O)O)C(C)c1ccccc1. The van der Waals surface area contributed by atoms with E-state index in [0.29, 0.717) is 0 Å². The third-order valence-electron chi connectivity index (χ3n) is 2.45. The van der Waals surface area contributed by atoms with Gasteiger partial charge in [-0.2, -0.15) is 0 Å². The maximum absolute atomic E-state index is 11.0. The van der Waals surface area contributed by atoms with Gasteiger partial charge in [-0.3, -0.25) is 4.79 Å². The Labute approximate surface area is 94.3 Å². The van der Waals surface area contributed by atoms with Crippen LogP contribution >= 0.6 is 0 Å². The van der Waals surface area contributed by atoms with Crippen LogP contribution in [0.15, 0.2) is 30.3 Å². The Hall–Kier alpha value is -1.84. The Morgan fingerprint density at radius 3 is 2.25 bits per heavy atom. The number of carboxylic acids is 1. The zero-order valence-electron chi connectivity index (χ0n) is 9.31. The van der Waals surface area contributed by atoms with Gasteiger partial charge in [-0.15, -0.1) is 0 Å². The van der Waals surface area contributed by atoms with Crippen molar-refractivity contribution in [1.82, 2.24) is 5.32 Å². The standard InChI is InChI=1S/C12H15NO3/c1-8(10-6-4-3-5-7-10)11(12(15)16)13-9(2)14/h3-8,11H,1-2H3,(H,13,14)(H,15,16)/t8?,11-/m0/s1. The maximum Gasteiger partial charge on any atom is 0.326 e. The van der Waals surface area contributed by atoms with E-state index in [9.17, 15) is 9.59 Å². The summed E-state index contributed by atoms with van der Waals surface area (Å²) in [5.74, 6) is -1.62. The molecule has 4 nitrogen and oxygen atoms in total. The fraction of sp³-hybridized carbons (Fsp3) is 0.333. The van der Waals surface area contributed by atoms with E-state index in [4.69, 9.17) is 5.11 Å². The van der Waals surface area contributed by atoms with E-state index in [1.807, 2.05) is 30.3 Å². The zero-order chi connectivity index (χ0) is 12.1. The second-order valence-electron chi connectivity index (χ2n) is 3.72. The van der Waals surface area contributed by atoms with Gasteiger partial charge in [-0.1, -0.05) is 37.3 Å². The van der Waals surface area contributed by atoms with Crippen LogP contribution < -0.4 is 5.32 Å². The van der Waals surface area contributed by atoms with Crippen molar-refractivity contribution < 1.29 is 14.7 Å². The van der Waals surface area contributed by atoms with Crippen molar-refractivity contribution in [3.8, 4) is 0 Å². The fourth-order valence-corrected chi connectivity index (χ4v) is 1.57. The van der Waals surface area contributed by atoms with Gasteiger partial charge >= 0.3 is 5.97 Å². The fourth-order valence-electron chi connectivity index (χ4n) is 1.57. The van der Waals surface area contributed by atoms with Crippen LogP contribution in [-0.2, 0) is 9.59 Å². The molecule has 0 aliphatic rings. The van der Waals surface area contributed by atoms with Gasteiger partial charge in [0.2, 0.25) is 5.91 Å². The molecule has 2 atom stereocenters. The third-order valence-corrected chi connectivity index (χ3v) is 2.45. The summed E-state index contributed by atoms with van der Waals surface area (Å²) in [7, 11) is 0. The largest absolute Gasteiger partial charge is 0.480 e. The van der Waals surface area contributed by atoms with Crippen molar-refractivity contribution in [2.24, 2.45) is 0 Å². The molecule has 1 aromatic carbocycles. The van der Waals surface area contributed by atoms with Gasteiger partial charge in [0.05, 0.1) is 0 Å². The van der Waals surface area contributed by atoms with E-state index < -0.39 is 12.0 Å². The number of nitrogens with one attached hydrogen (secondary N) is 1. The van der Waals surface area contributed by atoms with Gasteiger partial charge in [-0.05, 0) is 5.56 Å². The number of carbonyl (C=O) groups is 2. The van der Waals surface area contributed by atoms with Crippen molar-refractivity contribution in [3.63, 3.8) is 0 Å². The highest BCUT2D eigenvalue weighted by molar-refractivity contribution is 5.83. The van der Waals surface area contributed by atoms with Crippen molar-refractivity contribution in [2.45, 2.75) is 25.8 Å². The average Bonchev–Trinajstić information content (AvgIpc) is 2.25. The Morgan fingerprint density at radius 2 is 1.81 bits per heavy atom. The van der Waals surface area contributed by atoms with E-state index in [-0.39, 0.29) is 11.8 Å². The van der Waals surface area contributed by atoms with Gasteiger partial charge in [0.1, 0.15) is 6.04 Å². The number of carbonyl (C=O) groups excluding carboxylic acids is 1. The lowest BCUT2D eigenvalue weighted by molar-refractivity contribution is -0.142. The molecule has 0 aromatic heterocycles. The summed E-state index contributed by atoms with van der Waals surface area (Å²) in [6.07, 6.45) is 0. The van der Waals surface area contributed by atoms with Gasteiger partial charge < -0.3 is 10.4 Å². The van der Waals surface area contributed by atoms with E-state index in [0.717, 1.165) is 5.56 Å². The predicted molar refractivity (Wildman–Crippen MR) is 60.1 cm³/mol. The molecule has 0 fully saturated rings. The molecule has 1 unspecified atom stereocenters. The summed E-state index contributed by atoms with van der Waals surface area (Å²) in [5, 5.41) is 11.5. The van der Waals surface area contributed by atoms with Crippen LogP contribution in [0.1, 0.15) is 25.3 Å². The highest BCUT2D eigenvalue weighted by atomic mass is 16.4. The second-order valence-corrected chi connectivity index (χ2v) is 3.72. The molecule has 0 saturated carbocycles. The van der Waals surface area contributed by atoms with Crippen LogP contribution in [-0.4, -0.2) is 23.0 Å². The lowest BCUT2D eigenvalue weighted by Gasteiger charge is -2.21. The number of carboxylic acid groups (broad SMARTS) is 1. The molecule has 4 heteroatoms. The smallest absolute Gasteiger partial charge is 0.326 e. The van der Waals surface area contributed by atoms with Gasteiger partial charge in [0.25, 0.3) is 0 Å². The molecule has 0 radical (unpaired) electrons. The first-order chi connectivity index (χ1) is 7.52. The van der Waals surface area contributed by atoms with Crippen LogP contribution in [0.3, 0.4) is 0 Å². The van der Waals surface area contributed by atoms with Gasteiger partial charge in [0, 0.05) is 12.8 Å².